The highest BCUT2D eigenvalue weighted by atomic mass is 16.5. The molecule has 0 aliphatic carbocycles. The Bertz CT molecular complexity index is 535. The monoisotopic (exact) mass is 283 g/mol. The number of hydrogen-bond acceptors (Lipinski definition) is 2. The van der Waals surface area contributed by atoms with Crippen LogP contribution in [0.1, 0.15) is 37.3 Å². The minimum Gasteiger partial charge on any atom is -0.381 e. The van der Waals surface area contributed by atoms with Crippen molar-refractivity contribution in [2.75, 3.05) is 19.8 Å². The summed E-state index contributed by atoms with van der Waals surface area (Å²) in [5.74, 6) is 0.761. The van der Waals surface area contributed by atoms with Crippen molar-refractivity contribution in [1.29, 1.82) is 0 Å². The number of hydrogen-bond donors (Lipinski definition) is 0. The third kappa shape index (κ3) is 3.76. The third-order valence-corrected chi connectivity index (χ3v) is 4.41. The van der Waals surface area contributed by atoms with E-state index in [0.717, 1.165) is 32.1 Å². The Labute approximate surface area is 128 Å². The summed E-state index contributed by atoms with van der Waals surface area (Å²) >= 11 is 0. The van der Waals surface area contributed by atoms with Gasteiger partial charge in [0.25, 0.3) is 0 Å². The lowest BCUT2D eigenvalue weighted by atomic mass is 9.95. The fraction of sp³-hybridized carbons (Fsp3) is 0.474. The van der Waals surface area contributed by atoms with Crippen LogP contribution in [-0.2, 0) is 4.74 Å². The zero-order valence-electron chi connectivity index (χ0n) is 13.1. The van der Waals surface area contributed by atoms with E-state index in [1.807, 2.05) is 0 Å². The molecule has 0 unspecified atom stereocenters. The largest absolute Gasteiger partial charge is 0.381 e. The molecule has 2 aliphatic rings. The highest BCUT2D eigenvalue weighted by Gasteiger charge is 2.18. The molecule has 0 amide bonds. The summed E-state index contributed by atoms with van der Waals surface area (Å²) in [6, 6.07) is 8.89. The van der Waals surface area contributed by atoms with Crippen molar-refractivity contribution in [3.63, 3.8) is 0 Å². The van der Waals surface area contributed by atoms with Gasteiger partial charge in [0.2, 0.25) is 0 Å². The van der Waals surface area contributed by atoms with Gasteiger partial charge in [-0.25, -0.2) is 0 Å². The lowest BCUT2D eigenvalue weighted by Gasteiger charge is -2.30. The van der Waals surface area contributed by atoms with Crippen molar-refractivity contribution in [2.45, 2.75) is 33.1 Å². The molecule has 0 N–H and O–H groups in total. The van der Waals surface area contributed by atoms with Crippen LogP contribution in [-0.4, -0.2) is 24.7 Å². The molecular weight excluding hydrogens is 258 g/mol. The Kier molecular flexibility index (Phi) is 4.45. The standard InChI is InChI=1S/C19H25NO/c1-15-3-5-18(6-4-15)19-11-16(2)12-20(14-19)13-17-7-9-21-10-8-17/h3-6,12,14,17H,7-11,13H2,1-2H3. The molecular formula is C19H25NO. The second kappa shape index (κ2) is 6.48. The Morgan fingerprint density at radius 1 is 1.05 bits per heavy atom. The summed E-state index contributed by atoms with van der Waals surface area (Å²) in [4.78, 5) is 2.39. The first-order chi connectivity index (χ1) is 10.2. The summed E-state index contributed by atoms with van der Waals surface area (Å²) in [6.07, 6.45) is 8.10. The van der Waals surface area contributed by atoms with Crippen LogP contribution in [0.15, 0.2) is 42.2 Å². The smallest absolute Gasteiger partial charge is 0.0469 e. The van der Waals surface area contributed by atoms with Crippen molar-refractivity contribution in [3.05, 3.63) is 53.4 Å². The molecule has 2 nitrogen and oxygen atoms in total. The minimum atomic E-state index is 0.761. The van der Waals surface area contributed by atoms with Gasteiger partial charge in [-0.3, -0.25) is 0 Å². The topological polar surface area (TPSA) is 12.5 Å². The maximum absolute atomic E-state index is 5.46. The Hall–Kier alpha value is -1.54. The van der Waals surface area contributed by atoms with Crippen LogP contribution in [0.3, 0.4) is 0 Å². The van der Waals surface area contributed by atoms with Gasteiger partial charge in [-0.05, 0) is 50.2 Å². The molecule has 1 fully saturated rings. The molecule has 3 rings (SSSR count). The van der Waals surface area contributed by atoms with E-state index in [1.54, 1.807) is 0 Å². The first-order valence-corrected chi connectivity index (χ1v) is 7.99. The van der Waals surface area contributed by atoms with Gasteiger partial charge in [0.05, 0.1) is 0 Å². The van der Waals surface area contributed by atoms with E-state index >= 15 is 0 Å². The molecule has 1 aromatic carbocycles. The van der Waals surface area contributed by atoms with E-state index in [2.05, 4.69) is 55.4 Å². The van der Waals surface area contributed by atoms with E-state index in [9.17, 15) is 0 Å². The summed E-state index contributed by atoms with van der Waals surface area (Å²) < 4.78 is 5.46. The molecule has 1 saturated heterocycles. The van der Waals surface area contributed by atoms with Crippen LogP contribution < -0.4 is 0 Å². The SMILES string of the molecule is CC1=CN(CC2CCOCC2)C=C(c2ccc(C)cc2)C1. The molecule has 0 atom stereocenters. The van der Waals surface area contributed by atoms with Gasteiger partial charge >= 0.3 is 0 Å². The van der Waals surface area contributed by atoms with Crippen LogP contribution in [0.2, 0.25) is 0 Å². The summed E-state index contributed by atoms with van der Waals surface area (Å²) in [5, 5.41) is 0. The van der Waals surface area contributed by atoms with Crippen molar-refractivity contribution in [2.24, 2.45) is 5.92 Å². The summed E-state index contributed by atoms with van der Waals surface area (Å²) in [5.41, 5.74) is 5.55. The van der Waals surface area contributed by atoms with E-state index in [1.165, 1.54) is 35.1 Å². The highest BCUT2D eigenvalue weighted by molar-refractivity contribution is 5.68. The fourth-order valence-electron chi connectivity index (χ4n) is 3.19. The number of benzene rings is 1. The average molecular weight is 283 g/mol. The number of nitrogens with zero attached hydrogens (tertiary/aromatic N) is 1. The average Bonchev–Trinajstić information content (AvgIpc) is 2.48. The molecule has 0 bridgehead atoms. The van der Waals surface area contributed by atoms with Crippen LogP contribution in [0.5, 0.6) is 0 Å². The van der Waals surface area contributed by atoms with Gasteiger partial charge in [0.1, 0.15) is 0 Å². The van der Waals surface area contributed by atoms with E-state index < -0.39 is 0 Å². The minimum absolute atomic E-state index is 0.761. The van der Waals surface area contributed by atoms with Crippen molar-refractivity contribution in [3.8, 4) is 0 Å². The number of rotatable bonds is 3. The van der Waals surface area contributed by atoms with Gasteiger partial charge in [0.15, 0.2) is 0 Å². The van der Waals surface area contributed by atoms with Gasteiger partial charge in [-0.2, -0.15) is 0 Å². The maximum Gasteiger partial charge on any atom is 0.0469 e. The van der Waals surface area contributed by atoms with Crippen molar-refractivity contribution >= 4 is 5.57 Å². The quantitative estimate of drug-likeness (QED) is 0.816. The highest BCUT2D eigenvalue weighted by Crippen LogP contribution is 2.29. The number of aryl methyl sites for hydroxylation is 1. The Balaban J connectivity index is 1.73. The zero-order chi connectivity index (χ0) is 14.7. The molecule has 21 heavy (non-hydrogen) atoms. The van der Waals surface area contributed by atoms with Crippen LogP contribution in [0, 0.1) is 12.8 Å². The molecule has 0 spiro atoms. The zero-order valence-corrected chi connectivity index (χ0v) is 13.1. The summed E-state index contributed by atoms with van der Waals surface area (Å²) in [6.45, 7) is 7.35. The lowest BCUT2D eigenvalue weighted by molar-refractivity contribution is 0.0610. The second-order valence-electron chi connectivity index (χ2n) is 6.43. The fourth-order valence-corrected chi connectivity index (χ4v) is 3.19. The van der Waals surface area contributed by atoms with Gasteiger partial charge < -0.3 is 9.64 Å². The van der Waals surface area contributed by atoms with E-state index in [-0.39, 0.29) is 0 Å². The molecule has 2 aliphatic heterocycles. The normalized spacial score (nSPS) is 20.2. The second-order valence-corrected chi connectivity index (χ2v) is 6.43. The predicted octanol–water partition coefficient (Wildman–Crippen LogP) is 4.37. The first-order valence-electron chi connectivity index (χ1n) is 7.99. The molecule has 2 heterocycles. The van der Waals surface area contributed by atoms with Gasteiger partial charge in [-0.15, -0.1) is 0 Å². The Morgan fingerprint density at radius 2 is 1.76 bits per heavy atom. The van der Waals surface area contributed by atoms with Crippen molar-refractivity contribution in [1.82, 2.24) is 4.90 Å². The molecule has 0 radical (unpaired) electrons. The van der Waals surface area contributed by atoms with Crippen LogP contribution >= 0.6 is 0 Å². The van der Waals surface area contributed by atoms with Crippen molar-refractivity contribution < 1.29 is 4.74 Å². The summed E-state index contributed by atoms with van der Waals surface area (Å²) in [7, 11) is 0. The number of allylic oxidation sites excluding steroid dienone is 2. The lowest BCUT2D eigenvalue weighted by Crippen LogP contribution is -2.27. The van der Waals surface area contributed by atoms with Gasteiger partial charge in [-0.1, -0.05) is 35.4 Å². The predicted molar refractivity (Wildman–Crippen MR) is 87.8 cm³/mol. The molecule has 1 aromatic rings. The molecule has 0 aromatic heterocycles. The van der Waals surface area contributed by atoms with E-state index in [0.29, 0.717) is 0 Å². The van der Waals surface area contributed by atoms with Gasteiger partial charge in [0, 0.05) is 32.2 Å². The molecule has 0 saturated carbocycles. The van der Waals surface area contributed by atoms with Crippen LogP contribution in [0.25, 0.3) is 5.57 Å². The Morgan fingerprint density at radius 3 is 2.48 bits per heavy atom. The van der Waals surface area contributed by atoms with Crippen LogP contribution in [0.4, 0.5) is 0 Å². The number of ether oxygens (including phenoxy) is 1. The third-order valence-electron chi connectivity index (χ3n) is 4.41. The first kappa shape index (κ1) is 14.4. The maximum atomic E-state index is 5.46. The molecule has 112 valence electrons. The van der Waals surface area contributed by atoms with E-state index in [4.69, 9.17) is 4.74 Å². The molecule has 2 heteroatoms.